The molecule has 6 nitrogen and oxygen atoms in total. The van der Waals surface area contributed by atoms with Gasteiger partial charge in [-0.05, 0) is 23.1 Å². The summed E-state index contributed by atoms with van der Waals surface area (Å²) in [4.78, 5) is 2.71. The minimum atomic E-state index is -1.66. The maximum Gasteiger partial charge on any atom is 0.207 e. The lowest BCUT2D eigenvalue weighted by atomic mass is 10.0. The van der Waals surface area contributed by atoms with Crippen molar-refractivity contribution in [3.8, 4) is 0 Å². The van der Waals surface area contributed by atoms with Gasteiger partial charge in [0.15, 0.2) is 0 Å². The molecule has 1 aliphatic heterocycles. The Morgan fingerprint density at radius 2 is 1.67 bits per heavy atom. The molecule has 1 fully saturated rings. The molecule has 27 heavy (non-hydrogen) atoms. The Morgan fingerprint density at radius 3 is 2.30 bits per heavy atom. The summed E-state index contributed by atoms with van der Waals surface area (Å²) in [7, 11) is 0. The van der Waals surface area contributed by atoms with Crippen molar-refractivity contribution >= 4 is 0 Å². The quantitative estimate of drug-likeness (QED) is 0.388. The van der Waals surface area contributed by atoms with E-state index in [1.165, 1.54) is 0 Å². The van der Waals surface area contributed by atoms with E-state index in [1.807, 2.05) is 60.7 Å². The number of alkyl halides is 1. The van der Waals surface area contributed by atoms with Crippen molar-refractivity contribution in [3.05, 3.63) is 82.2 Å². The lowest BCUT2D eigenvalue weighted by Crippen LogP contribution is -2.47. The van der Waals surface area contributed by atoms with E-state index in [0.29, 0.717) is 13.2 Å². The second kappa shape index (κ2) is 10.0. The number of hydrogen-bond acceptors (Lipinski definition) is 4. The van der Waals surface area contributed by atoms with Crippen molar-refractivity contribution in [2.45, 2.75) is 44.2 Å². The van der Waals surface area contributed by atoms with Crippen LogP contribution in [-0.2, 0) is 27.4 Å². The standard InChI is InChI=1S/C20H22FN3O3/c21-20-17(23-24-22)11-18(26-13-16-9-5-2-6-10-16)19(27-20)14-25-12-15-7-3-1-4-8-15/h1-10,17-20H,11-14H2/t17-,18+,19-,20?/m1/s1. The lowest BCUT2D eigenvalue weighted by Gasteiger charge is -2.36. The van der Waals surface area contributed by atoms with Crippen LogP contribution in [0.2, 0.25) is 0 Å². The van der Waals surface area contributed by atoms with E-state index < -0.39 is 24.6 Å². The molecule has 0 aromatic heterocycles. The summed E-state index contributed by atoms with van der Waals surface area (Å²) in [5.41, 5.74) is 10.7. The van der Waals surface area contributed by atoms with Gasteiger partial charge in [-0.25, -0.2) is 4.39 Å². The first-order valence-corrected chi connectivity index (χ1v) is 8.87. The minimum absolute atomic E-state index is 0.192. The average molecular weight is 371 g/mol. The fourth-order valence-corrected chi connectivity index (χ4v) is 2.97. The maximum atomic E-state index is 14.2. The predicted octanol–water partition coefficient (Wildman–Crippen LogP) is 4.55. The van der Waals surface area contributed by atoms with Crippen molar-refractivity contribution in [2.24, 2.45) is 5.11 Å². The highest BCUT2D eigenvalue weighted by molar-refractivity contribution is 5.14. The first kappa shape index (κ1) is 19.3. The van der Waals surface area contributed by atoms with Gasteiger partial charge in [-0.1, -0.05) is 65.8 Å². The molecule has 0 aliphatic carbocycles. The van der Waals surface area contributed by atoms with Crippen LogP contribution < -0.4 is 0 Å². The minimum Gasteiger partial charge on any atom is -0.374 e. The summed E-state index contributed by atoms with van der Waals surface area (Å²) < 4.78 is 31.2. The Balaban J connectivity index is 1.59. The van der Waals surface area contributed by atoms with E-state index >= 15 is 0 Å². The van der Waals surface area contributed by atoms with Gasteiger partial charge in [-0.2, -0.15) is 0 Å². The van der Waals surface area contributed by atoms with Crippen LogP contribution in [0.3, 0.4) is 0 Å². The third kappa shape index (κ3) is 5.77. The second-order valence-corrected chi connectivity index (χ2v) is 6.37. The fourth-order valence-electron chi connectivity index (χ4n) is 2.97. The topological polar surface area (TPSA) is 76.5 Å². The number of halogens is 1. The monoisotopic (exact) mass is 371 g/mol. The van der Waals surface area contributed by atoms with Crippen LogP contribution in [0.4, 0.5) is 4.39 Å². The van der Waals surface area contributed by atoms with Gasteiger partial charge in [0.05, 0.1) is 32.0 Å². The smallest absolute Gasteiger partial charge is 0.207 e. The Kier molecular flexibility index (Phi) is 7.19. The molecule has 1 aliphatic rings. The van der Waals surface area contributed by atoms with Gasteiger partial charge in [0.25, 0.3) is 0 Å². The zero-order chi connectivity index (χ0) is 18.9. The summed E-state index contributed by atoms with van der Waals surface area (Å²) in [6, 6.07) is 18.5. The van der Waals surface area contributed by atoms with Crippen LogP contribution in [-0.4, -0.2) is 31.2 Å². The highest BCUT2D eigenvalue weighted by Crippen LogP contribution is 2.27. The van der Waals surface area contributed by atoms with Crippen molar-refractivity contribution in [1.82, 2.24) is 0 Å². The molecule has 0 saturated carbocycles. The molecule has 142 valence electrons. The molecular weight excluding hydrogens is 349 g/mol. The SMILES string of the molecule is [N-]=[N+]=N[C@@H]1C[C@H](OCc2ccccc2)[C@@H](COCc2ccccc2)OC1F. The van der Waals surface area contributed by atoms with E-state index in [1.54, 1.807) is 0 Å². The number of rotatable bonds is 8. The Bertz CT molecular complexity index is 741. The Hall–Kier alpha value is -2.44. The summed E-state index contributed by atoms with van der Waals surface area (Å²) in [5, 5.41) is 3.49. The fraction of sp³-hybridized carbons (Fsp3) is 0.400. The Labute approximate surface area is 157 Å². The summed E-state index contributed by atoms with van der Waals surface area (Å²) in [6.45, 7) is 0.963. The molecule has 0 amide bonds. The van der Waals surface area contributed by atoms with E-state index in [2.05, 4.69) is 10.0 Å². The summed E-state index contributed by atoms with van der Waals surface area (Å²) in [6.07, 6.45) is -2.42. The normalized spacial score (nSPS) is 24.9. The third-order valence-corrected chi connectivity index (χ3v) is 4.40. The average Bonchev–Trinajstić information content (AvgIpc) is 2.70. The summed E-state index contributed by atoms with van der Waals surface area (Å²) >= 11 is 0. The molecule has 0 bridgehead atoms. The zero-order valence-electron chi connectivity index (χ0n) is 14.9. The van der Waals surface area contributed by atoms with Crippen LogP contribution in [0.1, 0.15) is 17.5 Å². The highest BCUT2D eigenvalue weighted by atomic mass is 19.1. The molecule has 1 heterocycles. The van der Waals surface area contributed by atoms with E-state index in [9.17, 15) is 4.39 Å². The van der Waals surface area contributed by atoms with E-state index in [4.69, 9.17) is 19.7 Å². The number of ether oxygens (including phenoxy) is 3. The molecule has 7 heteroatoms. The van der Waals surface area contributed by atoms with Crippen molar-refractivity contribution in [2.75, 3.05) is 6.61 Å². The second-order valence-electron chi connectivity index (χ2n) is 6.37. The number of hydrogen-bond donors (Lipinski definition) is 0. The molecule has 0 spiro atoms. The highest BCUT2D eigenvalue weighted by Gasteiger charge is 2.38. The van der Waals surface area contributed by atoms with Crippen LogP contribution in [0.5, 0.6) is 0 Å². The molecule has 1 saturated heterocycles. The van der Waals surface area contributed by atoms with Crippen LogP contribution in [0.25, 0.3) is 10.4 Å². The van der Waals surface area contributed by atoms with Crippen molar-refractivity contribution < 1.29 is 18.6 Å². The van der Waals surface area contributed by atoms with Gasteiger partial charge in [0.1, 0.15) is 6.10 Å². The first-order chi connectivity index (χ1) is 13.3. The molecule has 0 N–H and O–H groups in total. The third-order valence-electron chi connectivity index (χ3n) is 4.40. The molecule has 1 unspecified atom stereocenters. The molecule has 2 aromatic rings. The number of nitrogens with zero attached hydrogens (tertiary/aromatic N) is 3. The van der Waals surface area contributed by atoms with Gasteiger partial charge < -0.3 is 14.2 Å². The van der Waals surface area contributed by atoms with Gasteiger partial charge in [0, 0.05) is 4.91 Å². The van der Waals surface area contributed by atoms with Gasteiger partial charge >= 0.3 is 0 Å². The molecule has 3 rings (SSSR count). The molecule has 0 radical (unpaired) electrons. The van der Waals surface area contributed by atoms with Gasteiger partial charge in [-0.3, -0.25) is 0 Å². The predicted molar refractivity (Wildman–Crippen MR) is 98.4 cm³/mol. The zero-order valence-corrected chi connectivity index (χ0v) is 14.9. The van der Waals surface area contributed by atoms with E-state index in [0.717, 1.165) is 11.1 Å². The van der Waals surface area contributed by atoms with Gasteiger partial charge in [-0.15, -0.1) is 0 Å². The largest absolute Gasteiger partial charge is 0.374 e. The number of azide groups is 1. The number of benzene rings is 2. The maximum absolute atomic E-state index is 14.2. The van der Waals surface area contributed by atoms with Crippen LogP contribution >= 0.6 is 0 Å². The molecular formula is C20H22FN3O3. The Morgan fingerprint density at radius 1 is 1.04 bits per heavy atom. The van der Waals surface area contributed by atoms with Gasteiger partial charge in [0.2, 0.25) is 6.36 Å². The summed E-state index contributed by atoms with van der Waals surface area (Å²) in [5.74, 6) is 0. The van der Waals surface area contributed by atoms with Crippen molar-refractivity contribution in [1.29, 1.82) is 0 Å². The van der Waals surface area contributed by atoms with E-state index in [-0.39, 0.29) is 13.0 Å². The van der Waals surface area contributed by atoms with Crippen LogP contribution in [0.15, 0.2) is 65.8 Å². The van der Waals surface area contributed by atoms with Crippen LogP contribution in [0, 0.1) is 0 Å². The van der Waals surface area contributed by atoms with Crippen molar-refractivity contribution in [3.63, 3.8) is 0 Å². The lowest BCUT2D eigenvalue weighted by molar-refractivity contribution is -0.206. The first-order valence-electron chi connectivity index (χ1n) is 8.87. The molecule has 2 aromatic carbocycles. The molecule has 4 atom stereocenters.